The zero-order valence-electron chi connectivity index (χ0n) is 17.4. The molecule has 3 amide bonds. The van der Waals surface area contributed by atoms with Crippen LogP contribution in [0.2, 0.25) is 0 Å². The Morgan fingerprint density at radius 2 is 1.90 bits per heavy atom. The molecule has 0 saturated carbocycles. The second-order valence-electron chi connectivity index (χ2n) is 6.87. The number of methoxy groups -OCH3 is 2. The lowest BCUT2D eigenvalue weighted by Crippen LogP contribution is -2.36. The first-order valence-electron chi connectivity index (χ1n) is 9.27. The van der Waals surface area contributed by atoms with E-state index in [-0.39, 0.29) is 11.4 Å². The van der Waals surface area contributed by atoms with Crippen LogP contribution in [0.4, 0.5) is 10.5 Å². The smallest absolute Gasteiger partial charge is 0.294 e. The number of ether oxygens (including phenoxy) is 2. The average molecular weight is 505 g/mol. The van der Waals surface area contributed by atoms with E-state index in [9.17, 15) is 14.4 Å². The summed E-state index contributed by atoms with van der Waals surface area (Å²) in [6.07, 6.45) is 1.58. The number of anilines is 1. The van der Waals surface area contributed by atoms with Crippen LogP contribution in [0.5, 0.6) is 11.5 Å². The molecule has 9 heteroatoms. The summed E-state index contributed by atoms with van der Waals surface area (Å²) in [4.78, 5) is 38.8. The number of benzene rings is 2. The van der Waals surface area contributed by atoms with Gasteiger partial charge in [-0.15, -0.1) is 0 Å². The Bertz CT molecular complexity index is 1100. The molecule has 0 spiro atoms. The quantitative estimate of drug-likeness (QED) is 0.570. The number of carbonyl (C=O) groups is 3. The van der Waals surface area contributed by atoms with Crippen molar-refractivity contribution in [3.63, 3.8) is 0 Å². The highest BCUT2D eigenvalue weighted by Crippen LogP contribution is 2.38. The molecule has 0 aromatic heterocycles. The van der Waals surface area contributed by atoms with Gasteiger partial charge >= 0.3 is 0 Å². The van der Waals surface area contributed by atoms with Crippen molar-refractivity contribution in [1.29, 1.82) is 0 Å². The van der Waals surface area contributed by atoms with E-state index in [0.717, 1.165) is 27.8 Å². The molecule has 1 N–H and O–H groups in total. The second kappa shape index (κ2) is 9.57. The van der Waals surface area contributed by atoms with Gasteiger partial charge in [-0.2, -0.15) is 0 Å². The number of imide groups is 1. The molecule has 1 aliphatic heterocycles. The third-order valence-corrected chi connectivity index (χ3v) is 6.09. The Morgan fingerprint density at radius 1 is 1.16 bits per heavy atom. The van der Waals surface area contributed by atoms with E-state index < -0.39 is 17.1 Å². The van der Waals surface area contributed by atoms with E-state index in [1.165, 1.54) is 14.2 Å². The van der Waals surface area contributed by atoms with Gasteiger partial charge in [0.1, 0.15) is 6.54 Å². The van der Waals surface area contributed by atoms with Crippen molar-refractivity contribution in [2.45, 2.75) is 13.8 Å². The number of nitrogens with one attached hydrogen (secondary N) is 1. The molecule has 1 aliphatic rings. The zero-order valence-corrected chi connectivity index (χ0v) is 19.8. The fourth-order valence-corrected chi connectivity index (χ4v) is 4.47. The highest BCUT2D eigenvalue weighted by atomic mass is 79.9. The Balaban J connectivity index is 1.77. The molecule has 0 aliphatic carbocycles. The summed E-state index contributed by atoms with van der Waals surface area (Å²) in [5.74, 6) is 0.0502. The van der Waals surface area contributed by atoms with Gasteiger partial charge in [0.15, 0.2) is 11.5 Å². The number of hydrogen-bond acceptors (Lipinski definition) is 6. The minimum atomic E-state index is -0.517. The summed E-state index contributed by atoms with van der Waals surface area (Å²) in [5, 5.41) is 2.27. The molecule has 1 heterocycles. The first-order valence-corrected chi connectivity index (χ1v) is 10.9. The van der Waals surface area contributed by atoms with Crippen LogP contribution in [0, 0.1) is 13.8 Å². The van der Waals surface area contributed by atoms with E-state index in [2.05, 4.69) is 21.2 Å². The van der Waals surface area contributed by atoms with Gasteiger partial charge in [0, 0.05) is 5.69 Å². The first-order chi connectivity index (χ1) is 14.7. The minimum Gasteiger partial charge on any atom is -0.493 e. The summed E-state index contributed by atoms with van der Waals surface area (Å²) >= 11 is 4.20. The summed E-state index contributed by atoms with van der Waals surface area (Å²) < 4.78 is 11.2. The number of rotatable bonds is 6. The molecule has 1 fully saturated rings. The number of amides is 3. The largest absolute Gasteiger partial charge is 0.493 e. The number of carbonyl (C=O) groups excluding carboxylic acids is 3. The maximum atomic E-state index is 12.8. The summed E-state index contributed by atoms with van der Waals surface area (Å²) in [6, 6.07) is 9.14. The predicted octanol–water partition coefficient (Wildman–Crippen LogP) is 4.76. The normalized spacial score (nSPS) is 14.9. The van der Waals surface area contributed by atoms with Crippen molar-refractivity contribution < 1.29 is 23.9 Å². The number of hydrogen-bond donors (Lipinski definition) is 1. The number of thioether (sulfide) groups is 1. The van der Waals surface area contributed by atoms with E-state index in [1.807, 2.05) is 32.0 Å². The van der Waals surface area contributed by atoms with E-state index in [1.54, 1.807) is 18.2 Å². The van der Waals surface area contributed by atoms with Crippen LogP contribution in [-0.2, 0) is 9.59 Å². The fraction of sp³-hybridized carbons (Fsp3) is 0.227. The molecule has 7 nitrogen and oxygen atoms in total. The lowest BCUT2D eigenvalue weighted by molar-refractivity contribution is -0.127. The van der Waals surface area contributed by atoms with Crippen LogP contribution in [0.25, 0.3) is 6.08 Å². The summed E-state index contributed by atoms with van der Waals surface area (Å²) in [7, 11) is 3.04. The molecule has 2 aromatic carbocycles. The van der Waals surface area contributed by atoms with Crippen LogP contribution in [0.15, 0.2) is 39.7 Å². The molecule has 2 aromatic rings. The van der Waals surface area contributed by atoms with Crippen LogP contribution in [0.3, 0.4) is 0 Å². The maximum Gasteiger partial charge on any atom is 0.294 e. The number of halogens is 1. The Hall–Kier alpha value is -2.78. The van der Waals surface area contributed by atoms with Crippen LogP contribution >= 0.6 is 27.7 Å². The molecule has 3 rings (SSSR count). The van der Waals surface area contributed by atoms with Crippen molar-refractivity contribution in [1.82, 2.24) is 4.90 Å². The van der Waals surface area contributed by atoms with Gasteiger partial charge in [-0.3, -0.25) is 19.3 Å². The van der Waals surface area contributed by atoms with E-state index >= 15 is 0 Å². The molecule has 0 bridgehead atoms. The lowest BCUT2D eigenvalue weighted by Gasteiger charge is -2.14. The molecule has 0 radical (unpaired) electrons. The van der Waals surface area contributed by atoms with E-state index in [4.69, 9.17) is 9.47 Å². The molecule has 1 saturated heterocycles. The van der Waals surface area contributed by atoms with Crippen LogP contribution in [0.1, 0.15) is 16.7 Å². The van der Waals surface area contributed by atoms with Crippen LogP contribution in [-0.4, -0.2) is 42.7 Å². The standard InChI is InChI=1S/C22H21BrN2O5S/c1-12-5-6-13(2)16(7-12)24-19(26)11-25-21(27)18(31-22(25)28)10-14-8-15(23)20(30-4)17(9-14)29-3/h5-10H,11H2,1-4H3,(H,24,26)/b18-10+. The molecule has 0 unspecified atom stereocenters. The second-order valence-corrected chi connectivity index (χ2v) is 8.72. The van der Waals surface area contributed by atoms with Gasteiger partial charge in [-0.1, -0.05) is 12.1 Å². The van der Waals surface area contributed by atoms with E-state index in [0.29, 0.717) is 27.2 Å². The maximum absolute atomic E-state index is 12.8. The average Bonchev–Trinajstić information content (AvgIpc) is 2.97. The summed E-state index contributed by atoms with van der Waals surface area (Å²) in [6.45, 7) is 3.44. The van der Waals surface area contributed by atoms with Gasteiger partial charge in [-0.25, -0.2) is 0 Å². The van der Waals surface area contributed by atoms with Gasteiger partial charge in [-0.05, 0) is 82.5 Å². The Kier molecular flexibility index (Phi) is 7.07. The molecular formula is C22H21BrN2O5S. The third-order valence-electron chi connectivity index (χ3n) is 4.60. The van der Waals surface area contributed by atoms with Gasteiger partial charge in [0.05, 0.1) is 23.6 Å². The van der Waals surface area contributed by atoms with Gasteiger partial charge < -0.3 is 14.8 Å². The lowest BCUT2D eigenvalue weighted by atomic mass is 10.1. The first kappa shape index (κ1) is 22.9. The predicted molar refractivity (Wildman–Crippen MR) is 124 cm³/mol. The highest BCUT2D eigenvalue weighted by molar-refractivity contribution is 9.10. The number of aryl methyl sites for hydroxylation is 2. The number of nitrogens with zero attached hydrogens (tertiary/aromatic N) is 1. The van der Waals surface area contributed by atoms with Crippen molar-refractivity contribution in [3.05, 3.63) is 56.4 Å². The third kappa shape index (κ3) is 5.11. The van der Waals surface area contributed by atoms with Gasteiger partial charge in [0.2, 0.25) is 5.91 Å². The minimum absolute atomic E-state index is 0.226. The van der Waals surface area contributed by atoms with Crippen molar-refractivity contribution in [2.24, 2.45) is 0 Å². The molecule has 0 atom stereocenters. The van der Waals surface area contributed by atoms with Crippen LogP contribution < -0.4 is 14.8 Å². The highest BCUT2D eigenvalue weighted by Gasteiger charge is 2.36. The SMILES string of the molecule is COc1cc(/C=C2/SC(=O)N(CC(=O)Nc3cc(C)ccc3C)C2=O)cc(Br)c1OC. The zero-order chi connectivity index (χ0) is 22.7. The fourth-order valence-electron chi connectivity index (χ4n) is 3.01. The Labute approximate surface area is 192 Å². The molecular weight excluding hydrogens is 484 g/mol. The molecule has 31 heavy (non-hydrogen) atoms. The van der Waals surface area contributed by atoms with Crippen molar-refractivity contribution in [3.8, 4) is 11.5 Å². The Morgan fingerprint density at radius 3 is 2.58 bits per heavy atom. The monoisotopic (exact) mass is 504 g/mol. The molecule has 162 valence electrons. The van der Waals surface area contributed by atoms with Crippen molar-refractivity contribution >= 4 is 56.5 Å². The van der Waals surface area contributed by atoms with Crippen molar-refractivity contribution in [2.75, 3.05) is 26.1 Å². The summed E-state index contributed by atoms with van der Waals surface area (Å²) in [5.41, 5.74) is 3.20. The van der Waals surface area contributed by atoms with Gasteiger partial charge in [0.25, 0.3) is 11.1 Å². The topological polar surface area (TPSA) is 84.9 Å².